The standard InChI is InChI=1S/C21H30N4O3S/c1-6-28-21(27)17-13(4)16-18(22-11-23-20(16)29-17)25-9-7-15(8-10-25)19(26)24-14(5)12(2)3/h11-12,14-15H,6-10H2,1-5H3,(H,24,26)/t14-/m1/s1. The minimum absolute atomic E-state index is 0.0310. The van der Waals surface area contributed by atoms with Crippen LogP contribution < -0.4 is 10.2 Å². The van der Waals surface area contributed by atoms with Gasteiger partial charge in [0.1, 0.15) is 21.9 Å². The monoisotopic (exact) mass is 418 g/mol. The first kappa shape index (κ1) is 21.5. The third-order valence-corrected chi connectivity index (χ3v) is 6.88. The van der Waals surface area contributed by atoms with Crippen LogP contribution in [0.4, 0.5) is 5.82 Å². The number of rotatable bonds is 6. The van der Waals surface area contributed by atoms with Gasteiger partial charge in [-0.3, -0.25) is 4.79 Å². The van der Waals surface area contributed by atoms with Crippen LogP contribution in [-0.2, 0) is 9.53 Å². The first-order valence-electron chi connectivity index (χ1n) is 10.3. The summed E-state index contributed by atoms with van der Waals surface area (Å²) in [7, 11) is 0. The van der Waals surface area contributed by atoms with Crippen LogP contribution in [0.3, 0.4) is 0 Å². The maximum Gasteiger partial charge on any atom is 0.348 e. The highest BCUT2D eigenvalue weighted by Gasteiger charge is 2.29. The summed E-state index contributed by atoms with van der Waals surface area (Å²) >= 11 is 1.35. The fraction of sp³-hybridized carbons (Fsp3) is 0.619. The molecule has 1 amide bonds. The van der Waals surface area contributed by atoms with E-state index >= 15 is 0 Å². The van der Waals surface area contributed by atoms with E-state index in [0.29, 0.717) is 17.4 Å². The zero-order valence-corrected chi connectivity index (χ0v) is 18.6. The first-order valence-corrected chi connectivity index (χ1v) is 11.1. The lowest BCUT2D eigenvalue weighted by Crippen LogP contribution is -2.44. The van der Waals surface area contributed by atoms with Crippen LogP contribution in [0.5, 0.6) is 0 Å². The second kappa shape index (κ2) is 9.07. The van der Waals surface area contributed by atoms with Crippen molar-refractivity contribution in [3.8, 4) is 0 Å². The minimum Gasteiger partial charge on any atom is -0.462 e. The summed E-state index contributed by atoms with van der Waals surface area (Å²) in [5.41, 5.74) is 0.865. The van der Waals surface area contributed by atoms with Crippen molar-refractivity contribution in [1.82, 2.24) is 15.3 Å². The smallest absolute Gasteiger partial charge is 0.348 e. The topological polar surface area (TPSA) is 84.4 Å². The fourth-order valence-corrected chi connectivity index (χ4v) is 4.58. The predicted molar refractivity (Wildman–Crippen MR) is 115 cm³/mol. The van der Waals surface area contributed by atoms with E-state index < -0.39 is 0 Å². The Labute approximate surface area is 175 Å². The largest absolute Gasteiger partial charge is 0.462 e. The second-order valence-electron chi connectivity index (χ2n) is 7.96. The molecule has 0 aliphatic carbocycles. The van der Waals surface area contributed by atoms with Crippen molar-refractivity contribution in [2.24, 2.45) is 11.8 Å². The summed E-state index contributed by atoms with van der Waals surface area (Å²) < 4.78 is 5.18. The lowest BCUT2D eigenvalue weighted by atomic mass is 9.94. The Balaban J connectivity index is 1.75. The SMILES string of the molecule is CCOC(=O)c1sc2ncnc(N3CCC(C(=O)N[C@H](C)C(C)C)CC3)c2c1C. The average Bonchev–Trinajstić information content (AvgIpc) is 3.05. The van der Waals surface area contributed by atoms with Crippen molar-refractivity contribution in [2.45, 2.75) is 53.5 Å². The molecule has 2 aromatic heterocycles. The van der Waals surface area contributed by atoms with Crippen LogP contribution in [0.2, 0.25) is 0 Å². The highest BCUT2D eigenvalue weighted by molar-refractivity contribution is 7.20. The molecule has 0 spiro atoms. The molecular weight excluding hydrogens is 388 g/mol. The Morgan fingerprint density at radius 1 is 1.28 bits per heavy atom. The number of fused-ring (bicyclic) bond motifs is 1. The number of carbonyl (C=O) groups is 2. The molecule has 1 fully saturated rings. The molecule has 1 aliphatic rings. The molecule has 0 saturated carbocycles. The Hall–Kier alpha value is -2.22. The molecule has 1 N–H and O–H groups in total. The van der Waals surface area contributed by atoms with Crippen LogP contribution in [0.25, 0.3) is 10.2 Å². The number of ether oxygens (including phenoxy) is 1. The zero-order valence-electron chi connectivity index (χ0n) is 17.8. The molecule has 3 rings (SSSR count). The van der Waals surface area contributed by atoms with Crippen LogP contribution in [0, 0.1) is 18.8 Å². The van der Waals surface area contributed by atoms with Gasteiger partial charge in [0.2, 0.25) is 5.91 Å². The van der Waals surface area contributed by atoms with Gasteiger partial charge in [0.05, 0.1) is 12.0 Å². The van der Waals surface area contributed by atoms with E-state index in [1.54, 1.807) is 13.3 Å². The maximum absolute atomic E-state index is 12.6. The van der Waals surface area contributed by atoms with Crippen LogP contribution >= 0.6 is 11.3 Å². The molecule has 2 aromatic rings. The van der Waals surface area contributed by atoms with Gasteiger partial charge in [-0.25, -0.2) is 14.8 Å². The number of piperidine rings is 1. The Morgan fingerprint density at radius 2 is 1.97 bits per heavy atom. The molecule has 29 heavy (non-hydrogen) atoms. The van der Waals surface area contributed by atoms with Crippen molar-refractivity contribution in [3.63, 3.8) is 0 Å². The van der Waals surface area contributed by atoms with Crippen molar-refractivity contribution in [2.75, 3.05) is 24.6 Å². The Kier molecular flexibility index (Phi) is 6.72. The van der Waals surface area contributed by atoms with Crippen LogP contribution in [-0.4, -0.2) is 47.6 Å². The summed E-state index contributed by atoms with van der Waals surface area (Å²) in [4.78, 5) is 37.3. The van der Waals surface area contributed by atoms with Crippen molar-refractivity contribution in [3.05, 3.63) is 16.8 Å². The van der Waals surface area contributed by atoms with Gasteiger partial charge in [-0.1, -0.05) is 13.8 Å². The summed E-state index contributed by atoms with van der Waals surface area (Å²) in [6.45, 7) is 11.9. The van der Waals surface area contributed by atoms with Gasteiger partial charge < -0.3 is 15.0 Å². The van der Waals surface area contributed by atoms with Crippen molar-refractivity contribution in [1.29, 1.82) is 0 Å². The lowest BCUT2D eigenvalue weighted by molar-refractivity contribution is -0.126. The average molecular weight is 419 g/mol. The molecule has 7 nitrogen and oxygen atoms in total. The predicted octanol–water partition coefficient (Wildman–Crippen LogP) is 3.55. The fourth-order valence-electron chi connectivity index (χ4n) is 3.55. The highest BCUT2D eigenvalue weighted by atomic mass is 32.1. The van der Waals surface area contributed by atoms with Gasteiger partial charge in [0, 0.05) is 25.0 Å². The molecular formula is C21H30N4O3S. The number of anilines is 1. The van der Waals surface area contributed by atoms with Crippen LogP contribution in [0.15, 0.2) is 6.33 Å². The van der Waals surface area contributed by atoms with E-state index in [1.165, 1.54) is 11.3 Å². The molecule has 0 aromatic carbocycles. The van der Waals surface area contributed by atoms with E-state index in [2.05, 4.69) is 41.0 Å². The third-order valence-electron chi connectivity index (χ3n) is 5.70. The summed E-state index contributed by atoms with van der Waals surface area (Å²) in [5.74, 6) is 1.13. The van der Waals surface area contributed by atoms with Gasteiger partial charge >= 0.3 is 5.97 Å². The van der Waals surface area contributed by atoms with Gasteiger partial charge in [0.25, 0.3) is 0 Å². The van der Waals surface area contributed by atoms with Crippen molar-refractivity contribution < 1.29 is 14.3 Å². The molecule has 3 heterocycles. The van der Waals surface area contributed by atoms with Crippen LogP contribution in [0.1, 0.15) is 55.8 Å². The summed E-state index contributed by atoms with van der Waals surface area (Å²) in [6, 6.07) is 0.178. The minimum atomic E-state index is -0.311. The van der Waals surface area contributed by atoms with Gasteiger partial charge in [0.15, 0.2) is 0 Å². The molecule has 8 heteroatoms. The molecule has 1 aliphatic heterocycles. The van der Waals surface area contributed by atoms with E-state index in [-0.39, 0.29) is 23.8 Å². The molecule has 1 atom stereocenters. The third kappa shape index (κ3) is 4.52. The molecule has 0 radical (unpaired) electrons. The van der Waals surface area contributed by atoms with Crippen molar-refractivity contribution >= 4 is 39.2 Å². The lowest BCUT2D eigenvalue weighted by Gasteiger charge is -2.33. The number of aryl methyl sites for hydroxylation is 1. The number of esters is 1. The Morgan fingerprint density at radius 3 is 2.59 bits per heavy atom. The number of hydrogen-bond acceptors (Lipinski definition) is 7. The molecule has 0 bridgehead atoms. The highest BCUT2D eigenvalue weighted by Crippen LogP contribution is 2.36. The van der Waals surface area contributed by atoms with Gasteiger partial charge in [-0.2, -0.15) is 0 Å². The zero-order chi connectivity index (χ0) is 21.1. The second-order valence-corrected chi connectivity index (χ2v) is 8.96. The maximum atomic E-state index is 12.6. The number of nitrogens with one attached hydrogen (secondary N) is 1. The summed E-state index contributed by atoms with van der Waals surface area (Å²) in [5, 5.41) is 4.05. The van der Waals surface area contributed by atoms with E-state index in [4.69, 9.17) is 4.74 Å². The van der Waals surface area contributed by atoms with Gasteiger partial charge in [-0.15, -0.1) is 11.3 Å². The molecule has 1 saturated heterocycles. The number of thiophene rings is 1. The summed E-state index contributed by atoms with van der Waals surface area (Å²) in [6.07, 6.45) is 3.12. The normalized spacial score (nSPS) is 16.3. The number of hydrogen-bond donors (Lipinski definition) is 1. The Bertz CT molecular complexity index is 887. The van der Waals surface area contributed by atoms with E-state index in [0.717, 1.165) is 47.5 Å². The number of nitrogens with zero attached hydrogens (tertiary/aromatic N) is 3. The number of carbonyl (C=O) groups excluding carboxylic acids is 2. The van der Waals surface area contributed by atoms with E-state index in [1.807, 2.05) is 6.92 Å². The quantitative estimate of drug-likeness (QED) is 0.722. The van der Waals surface area contributed by atoms with E-state index in [9.17, 15) is 9.59 Å². The molecule has 0 unspecified atom stereocenters. The number of aromatic nitrogens is 2. The van der Waals surface area contributed by atoms with Gasteiger partial charge in [-0.05, 0) is 45.1 Å². The first-order chi connectivity index (χ1) is 13.8. The molecule has 158 valence electrons. The number of amides is 1.